The Kier molecular flexibility index (Phi) is 2.71. The number of aryl methyl sites for hydroxylation is 3. The molecule has 0 radical (unpaired) electrons. The van der Waals surface area contributed by atoms with Crippen molar-refractivity contribution >= 4 is 0 Å². The van der Waals surface area contributed by atoms with Crippen molar-refractivity contribution < 1.29 is 0 Å². The quantitative estimate of drug-likeness (QED) is 0.848. The van der Waals surface area contributed by atoms with Crippen LogP contribution in [0.3, 0.4) is 0 Å². The number of H-pyrrole nitrogens is 1. The highest BCUT2D eigenvalue weighted by atomic mass is 15.0. The molecule has 1 aliphatic heterocycles. The molecule has 18 heavy (non-hydrogen) atoms. The lowest BCUT2D eigenvalue weighted by molar-refractivity contribution is 0.433. The molecular weight excluding hydrogens is 222 g/mol. The molecule has 1 fully saturated rings. The van der Waals surface area contributed by atoms with Crippen LogP contribution in [0.5, 0.6) is 0 Å². The standard InChI is InChI=1S/C15H19N3/c1-9-4-10(2)14(11(3)5-9)13-8-17-15(18-13)12-6-16-7-12/h4-5,8,12,16H,6-7H2,1-3H3,(H,17,18). The van der Waals surface area contributed by atoms with Gasteiger partial charge in [-0.15, -0.1) is 0 Å². The molecule has 0 amide bonds. The number of nitrogens with zero attached hydrogens (tertiary/aromatic N) is 1. The molecule has 2 aromatic rings. The minimum Gasteiger partial charge on any atom is -0.342 e. The lowest BCUT2D eigenvalue weighted by atomic mass is 9.98. The van der Waals surface area contributed by atoms with Crippen molar-refractivity contribution in [1.82, 2.24) is 15.3 Å². The summed E-state index contributed by atoms with van der Waals surface area (Å²) in [4.78, 5) is 8.01. The summed E-state index contributed by atoms with van der Waals surface area (Å²) in [5, 5.41) is 3.28. The predicted octanol–water partition coefficient (Wildman–Crippen LogP) is 2.69. The van der Waals surface area contributed by atoms with E-state index in [0.29, 0.717) is 5.92 Å². The Labute approximate surface area is 108 Å². The zero-order valence-electron chi connectivity index (χ0n) is 11.2. The molecule has 0 unspecified atom stereocenters. The summed E-state index contributed by atoms with van der Waals surface area (Å²) in [5.74, 6) is 1.67. The molecule has 3 rings (SSSR count). The molecule has 1 aliphatic rings. The van der Waals surface area contributed by atoms with Crippen LogP contribution in [0.25, 0.3) is 11.3 Å². The number of hydrogen-bond donors (Lipinski definition) is 2. The monoisotopic (exact) mass is 241 g/mol. The van der Waals surface area contributed by atoms with Gasteiger partial charge in [-0.3, -0.25) is 0 Å². The molecule has 1 saturated heterocycles. The predicted molar refractivity (Wildman–Crippen MR) is 73.8 cm³/mol. The fraction of sp³-hybridized carbons (Fsp3) is 0.400. The van der Waals surface area contributed by atoms with E-state index < -0.39 is 0 Å². The Morgan fingerprint density at radius 2 is 1.78 bits per heavy atom. The van der Waals surface area contributed by atoms with E-state index in [-0.39, 0.29) is 0 Å². The molecule has 0 bridgehead atoms. The van der Waals surface area contributed by atoms with Crippen molar-refractivity contribution in [2.45, 2.75) is 26.7 Å². The van der Waals surface area contributed by atoms with Crippen LogP contribution < -0.4 is 5.32 Å². The lowest BCUT2D eigenvalue weighted by Gasteiger charge is -2.24. The van der Waals surface area contributed by atoms with E-state index in [1.807, 2.05) is 6.20 Å². The Morgan fingerprint density at radius 1 is 1.11 bits per heavy atom. The molecule has 0 atom stereocenters. The van der Waals surface area contributed by atoms with Gasteiger partial charge in [-0.05, 0) is 31.9 Å². The summed E-state index contributed by atoms with van der Waals surface area (Å²) >= 11 is 0. The van der Waals surface area contributed by atoms with Crippen molar-refractivity contribution in [2.24, 2.45) is 0 Å². The first kappa shape index (κ1) is 11.5. The minimum atomic E-state index is 0.560. The zero-order chi connectivity index (χ0) is 12.7. The number of imidazole rings is 1. The maximum absolute atomic E-state index is 4.52. The normalized spacial score (nSPS) is 15.7. The second-order valence-electron chi connectivity index (χ2n) is 5.31. The number of aromatic amines is 1. The van der Waals surface area contributed by atoms with Crippen LogP contribution in [0.15, 0.2) is 18.3 Å². The highest BCUT2D eigenvalue weighted by Gasteiger charge is 2.22. The smallest absolute Gasteiger partial charge is 0.112 e. The van der Waals surface area contributed by atoms with Crippen molar-refractivity contribution in [1.29, 1.82) is 0 Å². The van der Waals surface area contributed by atoms with Crippen LogP contribution in [-0.4, -0.2) is 23.1 Å². The largest absolute Gasteiger partial charge is 0.342 e. The van der Waals surface area contributed by atoms with E-state index in [0.717, 1.165) is 24.6 Å². The van der Waals surface area contributed by atoms with Crippen molar-refractivity contribution in [2.75, 3.05) is 13.1 Å². The molecule has 2 heterocycles. The SMILES string of the molecule is Cc1cc(C)c(-c2cnc(C3CNC3)[nH]2)c(C)c1. The van der Waals surface area contributed by atoms with Gasteiger partial charge in [0.2, 0.25) is 0 Å². The Bertz CT molecular complexity index is 556. The molecule has 1 aromatic heterocycles. The van der Waals surface area contributed by atoms with Crippen LogP contribution in [-0.2, 0) is 0 Å². The minimum absolute atomic E-state index is 0.560. The number of nitrogens with one attached hydrogen (secondary N) is 2. The molecule has 1 aromatic carbocycles. The van der Waals surface area contributed by atoms with Gasteiger partial charge >= 0.3 is 0 Å². The maximum Gasteiger partial charge on any atom is 0.112 e. The number of benzene rings is 1. The summed E-state index contributed by atoms with van der Waals surface area (Å²) in [7, 11) is 0. The summed E-state index contributed by atoms with van der Waals surface area (Å²) < 4.78 is 0. The zero-order valence-corrected chi connectivity index (χ0v) is 11.2. The van der Waals surface area contributed by atoms with E-state index >= 15 is 0 Å². The molecule has 3 nitrogen and oxygen atoms in total. The summed E-state index contributed by atoms with van der Waals surface area (Å²) in [6, 6.07) is 4.46. The third kappa shape index (κ3) is 1.85. The van der Waals surface area contributed by atoms with Gasteiger partial charge in [-0.25, -0.2) is 4.98 Å². The number of aromatic nitrogens is 2. The van der Waals surface area contributed by atoms with E-state index in [9.17, 15) is 0 Å². The average Bonchev–Trinajstić information content (AvgIpc) is 2.62. The highest BCUT2D eigenvalue weighted by Crippen LogP contribution is 2.28. The first-order chi connectivity index (χ1) is 8.65. The third-order valence-corrected chi connectivity index (χ3v) is 3.71. The van der Waals surface area contributed by atoms with Crippen LogP contribution in [0.1, 0.15) is 28.4 Å². The van der Waals surface area contributed by atoms with Gasteiger partial charge in [-0.1, -0.05) is 17.7 Å². The summed E-state index contributed by atoms with van der Waals surface area (Å²) in [6.45, 7) is 8.56. The topological polar surface area (TPSA) is 40.7 Å². The van der Waals surface area contributed by atoms with Crippen molar-refractivity contribution in [3.8, 4) is 11.3 Å². The first-order valence-corrected chi connectivity index (χ1v) is 6.49. The Morgan fingerprint density at radius 3 is 2.33 bits per heavy atom. The average molecular weight is 241 g/mol. The van der Waals surface area contributed by atoms with Gasteiger partial charge in [0.05, 0.1) is 11.9 Å². The Hall–Kier alpha value is -1.61. The van der Waals surface area contributed by atoms with Crippen molar-refractivity contribution in [3.63, 3.8) is 0 Å². The van der Waals surface area contributed by atoms with Crippen LogP contribution in [0.2, 0.25) is 0 Å². The highest BCUT2D eigenvalue weighted by molar-refractivity contribution is 5.67. The van der Waals surface area contributed by atoms with Crippen molar-refractivity contribution in [3.05, 3.63) is 40.8 Å². The van der Waals surface area contributed by atoms with Gasteiger partial charge in [-0.2, -0.15) is 0 Å². The van der Waals surface area contributed by atoms with Crippen LogP contribution in [0.4, 0.5) is 0 Å². The maximum atomic E-state index is 4.52. The summed E-state index contributed by atoms with van der Waals surface area (Å²) in [6.07, 6.45) is 1.97. The Balaban J connectivity index is 2.01. The number of hydrogen-bond acceptors (Lipinski definition) is 2. The van der Waals surface area contributed by atoms with Crippen LogP contribution in [0, 0.1) is 20.8 Å². The molecule has 0 aliphatic carbocycles. The van der Waals surface area contributed by atoms with Crippen LogP contribution >= 0.6 is 0 Å². The summed E-state index contributed by atoms with van der Waals surface area (Å²) in [5.41, 5.74) is 6.39. The fourth-order valence-corrected chi connectivity index (χ4v) is 2.76. The molecular formula is C15H19N3. The molecule has 0 spiro atoms. The number of rotatable bonds is 2. The van der Waals surface area contributed by atoms with Gasteiger partial charge in [0.15, 0.2) is 0 Å². The first-order valence-electron chi connectivity index (χ1n) is 6.49. The van der Waals surface area contributed by atoms with Gasteiger partial charge in [0.25, 0.3) is 0 Å². The van der Waals surface area contributed by atoms with Gasteiger partial charge in [0, 0.05) is 24.6 Å². The molecule has 94 valence electrons. The van der Waals surface area contributed by atoms with E-state index in [1.54, 1.807) is 0 Å². The lowest BCUT2D eigenvalue weighted by Crippen LogP contribution is -2.40. The third-order valence-electron chi connectivity index (χ3n) is 3.71. The van der Waals surface area contributed by atoms with Gasteiger partial charge in [0.1, 0.15) is 5.82 Å². The fourth-order valence-electron chi connectivity index (χ4n) is 2.76. The second-order valence-corrected chi connectivity index (χ2v) is 5.31. The van der Waals surface area contributed by atoms with E-state index in [2.05, 4.69) is 48.2 Å². The molecule has 0 saturated carbocycles. The molecule has 2 N–H and O–H groups in total. The van der Waals surface area contributed by atoms with Gasteiger partial charge < -0.3 is 10.3 Å². The molecule has 3 heteroatoms. The second kappa shape index (κ2) is 4.25. The van der Waals surface area contributed by atoms with E-state index in [1.165, 1.54) is 22.3 Å². The van der Waals surface area contributed by atoms with E-state index in [4.69, 9.17) is 0 Å².